The molecule has 0 radical (unpaired) electrons. The molecule has 3 rings (SSSR count). The zero-order valence-corrected chi connectivity index (χ0v) is 11.6. The van der Waals surface area contributed by atoms with Crippen molar-refractivity contribution in [3.05, 3.63) is 41.3 Å². The largest absolute Gasteiger partial charge is 0.397 e. The van der Waals surface area contributed by atoms with E-state index in [0.29, 0.717) is 17.1 Å². The van der Waals surface area contributed by atoms with Gasteiger partial charge in [0, 0.05) is 43.1 Å². The number of nitrogens with one attached hydrogen (secondary N) is 1. The molecule has 3 aromatic heterocycles. The Morgan fingerprint density at radius 1 is 1.50 bits per heavy atom. The standard InChI is InChI=1S/C13H13N5OS/c1-18-7-8(5-17-18)4-16-13(19)12-11(14)9-2-3-15-6-10(9)20-12/h2-3,5-7H,4,14H2,1H3,(H,16,19). The van der Waals surface area contributed by atoms with Crippen LogP contribution < -0.4 is 11.1 Å². The van der Waals surface area contributed by atoms with Crippen LogP contribution >= 0.6 is 11.3 Å². The topological polar surface area (TPSA) is 85.8 Å². The number of anilines is 1. The number of nitrogens with zero attached hydrogens (tertiary/aromatic N) is 3. The predicted molar refractivity (Wildman–Crippen MR) is 78.4 cm³/mol. The Balaban J connectivity index is 1.80. The molecule has 0 aliphatic rings. The number of thiophene rings is 1. The quantitative estimate of drug-likeness (QED) is 0.765. The number of nitrogen functional groups attached to an aromatic ring is 1. The number of amides is 1. The molecule has 7 heteroatoms. The van der Waals surface area contributed by atoms with Crippen LogP contribution in [-0.2, 0) is 13.6 Å². The third kappa shape index (κ3) is 2.23. The second-order valence-corrected chi connectivity index (χ2v) is 5.47. The molecule has 20 heavy (non-hydrogen) atoms. The van der Waals surface area contributed by atoms with Crippen LogP contribution in [0, 0.1) is 0 Å². The Labute approximate surface area is 119 Å². The van der Waals surface area contributed by atoms with Crippen molar-refractivity contribution in [2.45, 2.75) is 6.54 Å². The van der Waals surface area contributed by atoms with Gasteiger partial charge in [0.2, 0.25) is 0 Å². The minimum absolute atomic E-state index is 0.174. The van der Waals surface area contributed by atoms with Crippen molar-refractivity contribution in [1.82, 2.24) is 20.1 Å². The monoisotopic (exact) mass is 287 g/mol. The minimum atomic E-state index is -0.174. The summed E-state index contributed by atoms with van der Waals surface area (Å²) in [7, 11) is 1.84. The van der Waals surface area contributed by atoms with Gasteiger partial charge in [-0.05, 0) is 6.07 Å². The Hall–Kier alpha value is -2.41. The molecule has 102 valence electrons. The summed E-state index contributed by atoms with van der Waals surface area (Å²) in [6.45, 7) is 0.429. The van der Waals surface area contributed by atoms with Gasteiger partial charge >= 0.3 is 0 Å². The van der Waals surface area contributed by atoms with Crippen LogP contribution in [0.1, 0.15) is 15.2 Å². The van der Waals surface area contributed by atoms with E-state index in [0.717, 1.165) is 15.6 Å². The molecule has 0 aliphatic carbocycles. The Bertz CT molecular complexity index is 776. The highest BCUT2D eigenvalue weighted by atomic mass is 32.1. The van der Waals surface area contributed by atoms with Crippen molar-refractivity contribution in [3.8, 4) is 0 Å². The molecule has 0 spiro atoms. The second kappa shape index (κ2) is 4.93. The smallest absolute Gasteiger partial charge is 0.263 e. The molecule has 0 aliphatic heterocycles. The molecular formula is C13H13N5OS. The first-order valence-corrected chi connectivity index (χ1v) is 6.84. The highest BCUT2D eigenvalue weighted by Gasteiger charge is 2.16. The van der Waals surface area contributed by atoms with Crippen molar-refractivity contribution in [1.29, 1.82) is 0 Å². The maximum absolute atomic E-state index is 12.2. The highest BCUT2D eigenvalue weighted by Crippen LogP contribution is 2.32. The number of carbonyl (C=O) groups is 1. The Morgan fingerprint density at radius 2 is 2.35 bits per heavy atom. The number of aryl methyl sites for hydroxylation is 1. The first-order chi connectivity index (χ1) is 9.65. The maximum atomic E-state index is 12.2. The van der Waals surface area contributed by atoms with Gasteiger partial charge in [0.25, 0.3) is 5.91 Å². The normalized spacial score (nSPS) is 10.8. The summed E-state index contributed by atoms with van der Waals surface area (Å²) in [6, 6.07) is 1.82. The summed E-state index contributed by atoms with van der Waals surface area (Å²) in [5.74, 6) is -0.174. The number of carbonyl (C=O) groups excluding carboxylic acids is 1. The summed E-state index contributed by atoms with van der Waals surface area (Å²) >= 11 is 1.35. The minimum Gasteiger partial charge on any atom is -0.397 e. The van der Waals surface area contributed by atoms with Crippen LogP contribution in [0.3, 0.4) is 0 Å². The first-order valence-electron chi connectivity index (χ1n) is 6.03. The van der Waals surface area contributed by atoms with E-state index >= 15 is 0 Å². The average molecular weight is 287 g/mol. The summed E-state index contributed by atoms with van der Waals surface area (Å²) in [5.41, 5.74) is 7.48. The van der Waals surface area contributed by atoms with Gasteiger partial charge in [-0.2, -0.15) is 5.10 Å². The van der Waals surface area contributed by atoms with Gasteiger partial charge in [0.05, 0.1) is 16.6 Å². The summed E-state index contributed by atoms with van der Waals surface area (Å²) in [6.07, 6.45) is 6.97. The fraction of sp³-hybridized carbons (Fsp3) is 0.154. The number of fused-ring (bicyclic) bond motifs is 1. The van der Waals surface area contributed by atoms with Crippen molar-refractivity contribution in [3.63, 3.8) is 0 Å². The van der Waals surface area contributed by atoms with Gasteiger partial charge < -0.3 is 11.1 Å². The predicted octanol–water partition coefficient (Wildman–Crippen LogP) is 1.54. The van der Waals surface area contributed by atoms with Crippen LogP contribution in [0.25, 0.3) is 10.1 Å². The SMILES string of the molecule is Cn1cc(CNC(=O)c2sc3cnccc3c2N)cn1. The average Bonchev–Trinajstić information content (AvgIpc) is 3.01. The van der Waals surface area contributed by atoms with Crippen molar-refractivity contribution >= 4 is 33.0 Å². The molecular weight excluding hydrogens is 274 g/mol. The summed E-state index contributed by atoms with van der Waals surface area (Å²) in [5, 5.41) is 7.77. The lowest BCUT2D eigenvalue weighted by Gasteiger charge is -2.02. The third-order valence-corrected chi connectivity index (χ3v) is 4.10. The van der Waals surface area contributed by atoms with Gasteiger partial charge in [0.1, 0.15) is 4.88 Å². The number of rotatable bonds is 3. The van der Waals surface area contributed by atoms with Crippen molar-refractivity contribution < 1.29 is 4.79 Å². The molecule has 3 N–H and O–H groups in total. The molecule has 0 aromatic carbocycles. The van der Waals surface area contributed by atoms with Gasteiger partial charge in [-0.3, -0.25) is 14.5 Å². The number of nitrogens with two attached hydrogens (primary N) is 1. The van der Waals surface area contributed by atoms with E-state index in [1.54, 1.807) is 23.3 Å². The molecule has 1 amide bonds. The lowest BCUT2D eigenvalue weighted by atomic mass is 10.2. The fourth-order valence-corrected chi connectivity index (χ4v) is 2.97. The number of aromatic nitrogens is 3. The summed E-state index contributed by atoms with van der Waals surface area (Å²) in [4.78, 5) is 16.7. The van der Waals surface area contributed by atoms with Crippen LogP contribution in [0.4, 0.5) is 5.69 Å². The van der Waals surface area contributed by atoms with E-state index in [4.69, 9.17) is 5.73 Å². The first kappa shape index (κ1) is 12.6. The lowest BCUT2D eigenvalue weighted by Crippen LogP contribution is -2.22. The Kier molecular flexibility index (Phi) is 3.11. The zero-order chi connectivity index (χ0) is 14.1. The van der Waals surface area contributed by atoms with E-state index < -0.39 is 0 Å². The molecule has 3 aromatic rings. The molecule has 0 saturated heterocycles. The van der Waals surface area contributed by atoms with Crippen LogP contribution in [0.2, 0.25) is 0 Å². The van der Waals surface area contributed by atoms with Gasteiger partial charge in [0.15, 0.2) is 0 Å². The zero-order valence-electron chi connectivity index (χ0n) is 10.8. The highest BCUT2D eigenvalue weighted by molar-refractivity contribution is 7.21. The molecule has 0 fully saturated rings. The van der Waals surface area contributed by atoms with Gasteiger partial charge in [-0.25, -0.2) is 0 Å². The van der Waals surface area contributed by atoms with E-state index in [1.165, 1.54) is 11.3 Å². The molecule has 3 heterocycles. The van der Waals surface area contributed by atoms with Crippen molar-refractivity contribution in [2.75, 3.05) is 5.73 Å². The molecule has 6 nitrogen and oxygen atoms in total. The van der Waals surface area contributed by atoms with E-state index in [1.807, 2.05) is 19.3 Å². The van der Waals surface area contributed by atoms with Crippen LogP contribution in [0.5, 0.6) is 0 Å². The number of hydrogen-bond donors (Lipinski definition) is 2. The third-order valence-electron chi connectivity index (χ3n) is 2.95. The number of hydrogen-bond acceptors (Lipinski definition) is 5. The maximum Gasteiger partial charge on any atom is 0.263 e. The van der Waals surface area contributed by atoms with E-state index in [9.17, 15) is 4.79 Å². The summed E-state index contributed by atoms with van der Waals surface area (Å²) < 4.78 is 2.61. The molecule has 0 bridgehead atoms. The van der Waals surface area contributed by atoms with Gasteiger partial charge in [-0.15, -0.1) is 11.3 Å². The fourth-order valence-electron chi connectivity index (χ4n) is 1.97. The molecule has 0 saturated carbocycles. The van der Waals surface area contributed by atoms with Crippen LogP contribution in [-0.4, -0.2) is 20.7 Å². The van der Waals surface area contributed by atoms with Crippen molar-refractivity contribution in [2.24, 2.45) is 7.05 Å². The number of pyridine rings is 1. The van der Waals surface area contributed by atoms with E-state index in [-0.39, 0.29) is 5.91 Å². The second-order valence-electron chi connectivity index (χ2n) is 4.42. The lowest BCUT2D eigenvalue weighted by molar-refractivity contribution is 0.0956. The van der Waals surface area contributed by atoms with E-state index in [2.05, 4.69) is 15.4 Å². The molecule has 0 atom stereocenters. The van der Waals surface area contributed by atoms with Crippen LogP contribution in [0.15, 0.2) is 30.9 Å². The molecule has 0 unspecified atom stereocenters. The van der Waals surface area contributed by atoms with Gasteiger partial charge in [-0.1, -0.05) is 0 Å². The Morgan fingerprint density at radius 3 is 3.05 bits per heavy atom.